The van der Waals surface area contributed by atoms with E-state index < -0.39 is 6.10 Å². The van der Waals surface area contributed by atoms with Crippen molar-refractivity contribution in [3.8, 4) is 17.3 Å². The molecule has 0 unspecified atom stereocenters. The van der Waals surface area contributed by atoms with Gasteiger partial charge in [-0.15, -0.1) is 5.10 Å². The van der Waals surface area contributed by atoms with Gasteiger partial charge in [0.1, 0.15) is 16.6 Å². The molecule has 6 rings (SSSR count). The molecule has 0 spiro atoms. The minimum atomic E-state index is -0.408. The average molecular weight is 578 g/mol. The van der Waals surface area contributed by atoms with Crippen molar-refractivity contribution in [2.24, 2.45) is 0 Å². The van der Waals surface area contributed by atoms with Crippen LogP contribution in [0, 0.1) is 18.3 Å². The normalized spacial score (nSPS) is 17.4. The van der Waals surface area contributed by atoms with Gasteiger partial charge in [-0.25, -0.2) is 14.8 Å². The van der Waals surface area contributed by atoms with Gasteiger partial charge in [-0.2, -0.15) is 9.78 Å². The molecule has 0 aliphatic carbocycles. The molecule has 4 aromatic rings. The number of amides is 2. The zero-order valence-corrected chi connectivity index (χ0v) is 24.5. The maximum Gasteiger partial charge on any atom is 0.320 e. The first-order valence-electron chi connectivity index (χ1n) is 13.3. The van der Waals surface area contributed by atoms with Crippen LogP contribution in [-0.4, -0.2) is 92.9 Å². The summed E-state index contributed by atoms with van der Waals surface area (Å²) in [5.74, 6) is 0.841. The van der Waals surface area contributed by atoms with E-state index in [1.165, 1.54) is 22.7 Å². The maximum absolute atomic E-state index is 12.7. The van der Waals surface area contributed by atoms with E-state index in [1.807, 2.05) is 54.7 Å². The number of fused-ring (bicyclic) bond motifs is 1. The minimum Gasteiger partial charge on any atom is -0.389 e. The monoisotopic (exact) mass is 577 g/mol. The molecule has 3 aromatic heterocycles. The largest absolute Gasteiger partial charge is 0.389 e. The van der Waals surface area contributed by atoms with Crippen molar-refractivity contribution >= 4 is 49.7 Å². The van der Waals surface area contributed by atoms with Crippen LogP contribution in [0.15, 0.2) is 24.3 Å². The van der Waals surface area contributed by atoms with Gasteiger partial charge in [-0.05, 0) is 19.8 Å². The fourth-order valence-corrected chi connectivity index (χ4v) is 7.02. The van der Waals surface area contributed by atoms with Crippen molar-refractivity contribution in [2.75, 3.05) is 50.1 Å². The molecule has 0 bridgehead atoms. The fraction of sp³-hybridized carbons (Fsp3) is 0.444. The molecule has 13 heteroatoms. The zero-order valence-electron chi connectivity index (χ0n) is 22.9. The molecule has 40 heavy (non-hydrogen) atoms. The molecule has 2 aliphatic heterocycles. The van der Waals surface area contributed by atoms with Crippen LogP contribution in [0.2, 0.25) is 0 Å². The number of aryl methyl sites for hydroxylation is 2. The van der Waals surface area contributed by atoms with Crippen LogP contribution in [0.4, 0.5) is 20.9 Å². The lowest BCUT2D eigenvalue weighted by molar-refractivity contribution is 0.0144. The molecule has 0 radical (unpaired) electrons. The second-order valence-corrected chi connectivity index (χ2v) is 12.3. The Bertz CT molecular complexity index is 1600. The van der Waals surface area contributed by atoms with Crippen molar-refractivity contribution in [3.63, 3.8) is 0 Å². The molecular formula is C27H31N9O2S2. The molecule has 2 fully saturated rings. The highest BCUT2D eigenvalue weighted by molar-refractivity contribution is 7.20. The van der Waals surface area contributed by atoms with Gasteiger partial charge in [0.15, 0.2) is 10.9 Å². The highest BCUT2D eigenvalue weighted by Crippen LogP contribution is 2.38. The van der Waals surface area contributed by atoms with Gasteiger partial charge in [0.05, 0.1) is 30.9 Å². The first kappa shape index (κ1) is 26.5. The van der Waals surface area contributed by atoms with E-state index >= 15 is 0 Å². The van der Waals surface area contributed by atoms with Gasteiger partial charge in [0.2, 0.25) is 10.1 Å². The Kier molecular flexibility index (Phi) is 6.85. The second-order valence-electron chi connectivity index (χ2n) is 10.4. The second kappa shape index (κ2) is 10.3. The Morgan fingerprint density at radius 3 is 2.60 bits per heavy atom. The summed E-state index contributed by atoms with van der Waals surface area (Å²) in [5.41, 5.74) is 3.67. The quantitative estimate of drug-likeness (QED) is 0.369. The van der Waals surface area contributed by atoms with Crippen LogP contribution in [0.25, 0.3) is 16.2 Å². The van der Waals surface area contributed by atoms with E-state index in [4.69, 9.17) is 15.1 Å². The summed E-state index contributed by atoms with van der Waals surface area (Å²) in [6.45, 7) is 6.40. The Labute approximate surface area is 240 Å². The number of hydrogen-bond donors (Lipinski definition) is 1. The lowest BCUT2D eigenvalue weighted by Crippen LogP contribution is -2.58. The highest BCUT2D eigenvalue weighted by Gasteiger charge is 2.36. The summed E-state index contributed by atoms with van der Waals surface area (Å²) in [6.07, 6.45) is 1.18. The van der Waals surface area contributed by atoms with Gasteiger partial charge < -0.3 is 24.7 Å². The van der Waals surface area contributed by atoms with E-state index in [1.54, 1.807) is 9.80 Å². The summed E-state index contributed by atoms with van der Waals surface area (Å²) in [5, 5.41) is 25.9. The zero-order chi connectivity index (χ0) is 28.1. The number of aliphatic hydroxyl groups is 1. The third-order valence-corrected chi connectivity index (χ3v) is 9.64. The SMILES string of the molecule is CCc1nc2sc(N3CC[C@@H](N(C)C(=O)N4CC(O)C4)C3)nn2c1N(C)c1nc(-c2ccc(C)cc2)c(C#N)s1. The number of carbonyl (C=O) groups excluding carboxylic acids is 1. The standard InChI is InChI=1S/C27H31N9O2S2/c1-5-20-23(33(4)24-30-22(21(12-28)39-24)17-8-6-16(2)7-9-17)36-25(29-20)40-26(31-36)34-11-10-18(13-34)32(3)27(38)35-14-19(37)15-35/h6-9,18-19,37H,5,10-11,13-15H2,1-4H3/t18-/m1/s1. The number of carbonyl (C=O) groups is 1. The summed E-state index contributed by atoms with van der Waals surface area (Å²) in [7, 11) is 3.78. The first-order valence-corrected chi connectivity index (χ1v) is 15.0. The van der Waals surface area contributed by atoms with Gasteiger partial charge in [-0.1, -0.05) is 59.4 Å². The molecule has 0 saturated carbocycles. The van der Waals surface area contributed by atoms with Crippen LogP contribution in [0.5, 0.6) is 0 Å². The molecule has 5 heterocycles. The van der Waals surface area contributed by atoms with Crippen LogP contribution in [0.1, 0.15) is 29.5 Å². The van der Waals surface area contributed by atoms with E-state index in [0.29, 0.717) is 35.3 Å². The number of nitrogens with zero attached hydrogens (tertiary/aromatic N) is 9. The summed E-state index contributed by atoms with van der Waals surface area (Å²) in [4.78, 5) is 31.5. The maximum atomic E-state index is 12.7. The molecule has 1 aromatic carbocycles. The number of benzene rings is 1. The van der Waals surface area contributed by atoms with Crippen LogP contribution < -0.4 is 9.80 Å². The number of imidazole rings is 1. The number of nitriles is 1. The van der Waals surface area contributed by atoms with Crippen LogP contribution in [0.3, 0.4) is 0 Å². The smallest absolute Gasteiger partial charge is 0.320 e. The fourth-order valence-electron chi connectivity index (χ4n) is 5.22. The van der Waals surface area contributed by atoms with Crippen LogP contribution >= 0.6 is 22.7 Å². The van der Waals surface area contributed by atoms with Crippen molar-refractivity contribution in [1.82, 2.24) is 29.4 Å². The number of rotatable bonds is 6. The molecule has 2 saturated heterocycles. The lowest BCUT2D eigenvalue weighted by atomic mass is 10.1. The molecule has 1 N–H and O–H groups in total. The number of aliphatic hydroxyl groups excluding tert-OH is 1. The molecule has 208 valence electrons. The van der Waals surface area contributed by atoms with Crippen molar-refractivity contribution in [3.05, 3.63) is 40.4 Å². The van der Waals surface area contributed by atoms with Crippen molar-refractivity contribution < 1.29 is 9.90 Å². The van der Waals surface area contributed by atoms with Gasteiger partial charge in [0, 0.05) is 32.7 Å². The van der Waals surface area contributed by atoms with Crippen molar-refractivity contribution in [1.29, 1.82) is 5.26 Å². The number of likely N-dealkylation sites (N-methyl/N-ethyl adjacent to an activating group) is 1. The first-order chi connectivity index (χ1) is 19.3. The molecule has 2 aliphatic rings. The number of thiazole rings is 1. The van der Waals surface area contributed by atoms with Gasteiger partial charge in [-0.3, -0.25) is 0 Å². The Balaban J connectivity index is 1.26. The third-order valence-electron chi connectivity index (χ3n) is 7.64. The average Bonchev–Trinajstić information content (AvgIpc) is 3.72. The highest BCUT2D eigenvalue weighted by atomic mass is 32.1. The van der Waals surface area contributed by atoms with Gasteiger partial charge >= 0.3 is 6.03 Å². The molecule has 2 amide bonds. The number of anilines is 3. The minimum absolute atomic E-state index is 0.0345. The number of hydrogen-bond acceptors (Lipinski definition) is 10. The van der Waals surface area contributed by atoms with E-state index in [0.717, 1.165) is 52.1 Å². The Hall–Kier alpha value is -3.73. The summed E-state index contributed by atoms with van der Waals surface area (Å²) >= 11 is 2.90. The molecular weight excluding hydrogens is 546 g/mol. The number of aromatic nitrogens is 4. The summed E-state index contributed by atoms with van der Waals surface area (Å²) < 4.78 is 1.88. The Morgan fingerprint density at radius 2 is 1.93 bits per heavy atom. The lowest BCUT2D eigenvalue weighted by Gasteiger charge is -2.39. The van der Waals surface area contributed by atoms with Crippen LogP contribution in [-0.2, 0) is 6.42 Å². The predicted octanol–water partition coefficient (Wildman–Crippen LogP) is 3.73. The number of β-amino-alcohol motifs (C(OH)–C–C–N with tert-alkyl or cyclic N) is 1. The third kappa shape index (κ3) is 4.55. The topological polar surface area (TPSA) is 117 Å². The summed E-state index contributed by atoms with van der Waals surface area (Å²) in [6, 6.07) is 10.4. The molecule has 11 nitrogen and oxygen atoms in total. The predicted molar refractivity (Wildman–Crippen MR) is 157 cm³/mol. The Morgan fingerprint density at radius 1 is 1.18 bits per heavy atom. The van der Waals surface area contributed by atoms with E-state index in [9.17, 15) is 15.2 Å². The van der Waals surface area contributed by atoms with Gasteiger partial charge in [0.25, 0.3) is 0 Å². The number of urea groups is 1. The van der Waals surface area contributed by atoms with E-state index in [-0.39, 0.29) is 12.1 Å². The number of likely N-dealkylation sites (tertiary alicyclic amines) is 1. The van der Waals surface area contributed by atoms with Crippen molar-refractivity contribution in [2.45, 2.75) is 38.8 Å². The van der Waals surface area contributed by atoms with E-state index in [2.05, 4.69) is 17.9 Å². The molecule has 1 atom stereocenters.